The van der Waals surface area contributed by atoms with Crippen LogP contribution in [0.15, 0.2) is 0 Å². The molecule has 0 aromatic carbocycles. The van der Waals surface area contributed by atoms with Gasteiger partial charge in [0, 0.05) is 35.8 Å². The van der Waals surface area contributed by atoms with Gasteiger partial charge in [0.1, 0.15) is 0 Å². The van der Waals surface area contributed by atoms with Crippen molar-refractivity contribution in [1.82, 2.24) is 0 Å². The number of rotatable bonds is 36. The van der Waals surface area contributed by atoms with Crippen LogP contribution in [-0.2, 0) is 67.7 Å². The van der Waals surface area contributed by atoms with Gasteiger partial charge in [0.25, 0.3) is 0 Å². The SMILES string of the molecule is CCCCCCCC(=O)[O-].CCCCCCCC(=O)[O-].CCCCCCCC(=O)[O-].CCCCCCCC(=O)[O-].CCCCCCCC(=O)[O-].CCCCCCCC(=O)[O-].[Rh+3].[Rh+3]. The van der Waals surface area contributed by atoms with E-state index in [9.17, 15) is 59.4 Å². The van der Waals surface area contributed by atoms with E-state index in [1.807, 2.05) is 0 Å². The number of carboxylic acids is 6. The molecule has 62 heavy (non-hydrogen) atoms. The van der Waals surface area contributed by atoms with E-state index in [1.165, 1.54) is 77.0 Å². The van der Waals surface area contributed by atoms with Crippen molar-refractivity contribution in [1.29, 1.82) is 0 Å². The summed E-state index contributed by atoms with van der Waals surface area (Å²) in [5.41, 5.74) is 0. The Bertz CT molecular complexity index is 734. The standard InChI is InChI=1S/6C8H16O2.2Rh/c6*1-2-3-4-5-6-7-8(9)10;;/h6*2-7H2,1H3,(H,9,10);;/q;;;;;;2*+3/p-6. The summed E-state index contributed by atoms with van der Waals surface area (Å²) in [5, 5.41) is 59.5. The molecule has 0 N–H and O–H groups in total. The number of carboxylic acid groups (broad SMARTS) is 6. The zero-order valence-electron chi connectivity index (χ0n) is 40.0. The van der Waals surface area contributed by atoms with Crippen LogP contribution in [-0.4, -0.2) is 35.8 Å². The van der Waals surface area contributed by atoms with Gasteiger partial charge in [0.05, 0.1) is 0 Å². The molecule has 0 radical (unpaired) electrons. The van der Waals surface area contributed by atoms with E-state index in [0.29, 0.717) is 0 Å². The van der Waals surface area contributed by atoms with Crippen LogP contribution in [0.5, 0.6) is 0 Å². The third-order valence-electron chi connectivity index (χ3n) is 8.91. The second-order valence-electron chi connectivity index (χ2n) is 15.2. The molecule has 0 aliphatic carbocycles. The second-order valence-corrected chi connectivity index (χ2v) is 15.2. The maximum atomic E-state index is 9.92. The molecule has 0 saturated heterocycles. The smallest absolute Gasteiger partial charge is 0.550 e. The number of carbonyl (C=O) groups is 6. The Morgan fingerprint density at radius 1 is 0.210 bits per heavy atom. The van der Waals surface area contributed by atoms with Gasteiger partial charge in [-0.1, -0.05) is 196 Å². The Kier molecular flexibility index (Phi) is 91.6. The summed E-state index contributed by atoms with van der Waals surface area (Å²) in [7, 11) is 0. The minimum absolute atomic E-state index is 0. The van der Waals surface area contributed by atoms with Crippen molar-refractivity contribution < 1.29 is 98.4 Å². The van der Waals surface area contributed by atoms with E-state index in [4.69, 9.17) is 0 Å². The Balaban J connectivity index is -0.0000000935. The molecule has 0 saturated carbocycles. The molecule has 0 aliphatic heterocycles. The first-order valence-electron chi connectivity index (χ1n) is 23.8. The predicted molar refractivity (Wildman–Crippen MR) is 230 cm³/mol. The number of aliphatic carboxylic acids is 6. The molecule has 0 spiro atoms. The molecule has 0 aliphatic rings. The maximum Gasteiger partial charge on any atom is 3.00 e. The second kappa shape index (κ2) is 73.5. The Labute approximate surface area is 404 Å². The maximum absolute atomic E-state index is 9.92. The molecular weight excluding hydrogens is 974 g/mol. The van der Waals surface area contributed by atoms with Crippen LogP contribution in [0, 0.1) is 0 Å². The molecule has 0 bridgehead atoms. The first-order valence-corrected chi connectivity index (χ1v) is 23.8. The fraction of sp³-hybridized carbons (Fsp3) is 0.875. The molecule has 0 amide bonds. The summed E-state index contributed by atoms with van der Waals surface area (Å²) in [6.07, 6.45) is 33.6. The molecule has 0 aromatic heterocycles. The zero-order valence-corrected chi connectivity index (χ0v) is 43.3. The van der Waals surface area contributed by atoms with E-state index in [0.717, 1.165) is 116 Å². The van der Waals surface area contributed by atoms with Crippen molar-refractivity contribution >= 4 is 35.8 Å². The zero-order chi connectivity index (χ0) is 46.9. The van der Waals surface area contributed by atoms with E-state index < -0.39 is 35.8 Å². The van der Waals surface area contributed by atoms with Crippen LogP contribution >= 0.6 is 0 Å². The third kappa shape index (κ3) is 118. The van der Waals surface area contributed by atoms with Crippen molar-refractivity contribution in [2.75, 3.05) is 0 Å². The summed E-state index contributed by atoms with van der Waals surface area (Å²) in [5.74, 6) is -5.52. The van der Waals surface area contributed by atoms with Gasteiger partial charge in [-0.2, -0.15) is 0 Å². The van der Waals surface area contributed by atoms with Crippen LogP contribution < -0.4 is 30.6 Å². The molecule has 0 atom stereocenters. The Morgan fingerprint density at radius 3 is 0.387 bits per heavy atom. The summed E-state index contributed by atoms with van der Waals surface area (Å²) in [4.78, 5) is 59.5. The number of unbranched alkanes of at least 4 members (excludes halogenated alkanes) is 24. The van der Waals surface area contributed by atoms with Gasteiger partial charge in [-0.25, -0.2) is 0 Å². The molecule has 372 valence electrons. The van der Waals surface area contributed by atoms with Gasteiger partial charge >= 0.3 is 39.0 Å². The Morgan fingerprint density at radius 2 is 0.306 bits per heavy atom. The average Bonchev–Trinajstić information content (AvgIpc) is 3.18. The van der Waals surface area contributed by atoms with Gasteiger partial charge in [-0.15, -0.1) is 0 Å². The van der Waals surface area contributed by atoms with E-state index >= 15 is 0 Å². The third-order valence-corrected chi connectivity index (χ3v) is 8.91. The normalized spacial score (nSPS) is 9.39. The van der Waals surface area contributed by atoms with Crippen LogP contribution in [0.2, 0.25) is 0 Å². The van der Waals surface area contributed by atoms with Gasteiger partial charge in [-0.3, -0.25) is 0 Å². The van der Waals surface area contributed by atoms with Gasteiger partial charge in [0.15, 0.2) is 0 Å². The predicted octanol–water partition coefficient (Wildman–Crippen LogP) is 6.58. The first kappa shape index (κ1) is 77.3. The van der Waals surface area contributed by atoms with E-state index in [1.54, 1.807) is 0 Å². The summed E-state index contributed by atoms with van der Waals surface area (Å²) >= 11 is 0. The van der Waals surface area contributed by atoms with Crippen molar-refractivity contribution in [3.8, 4) is 0 Å². The summed E-state index contributed by atoms with van der Waals surface area (Å²) in [6, 6.07) is 0. The van der Waals surface area contributed by atoms with Crippen LogP contribution in [0.25, 0.3) is 0 Å². The topological polar surface area (TPSA) is 241 Å². The first-order chi connectivity index (χ1) is 28.6. The van der Waals surface area contributed by atoms with Crippen LogP contribution in [0.1, 0.15) is 273 Å². The fourth-order valence-electron chi connectivity index (χ4n) is 5.24. The minimum atomic E-state index is -0.920. The van der Waals surface area contributed by atoms with Crippen molar-refractivity contribution in [3.63, 3.8) is 0 Å². The van der Waals surface area contributed by atoms with E-state index in [-0.39, 0.29) is 77.5 Å². The number of carbonyl (C=O) groups excluding carboxylic acids is 6. The van der Waals surface area contributed by atoms with Gasteiger partial charge < -0.3 is 59.4 Å². The molecule has 12 nitrogen and oxygen atoms in total. The van der Waals surface area contributed by atoms with Crippen molar-refractivity contribution in [2.45, 2.75) is 273 Å². The average molecular weight is 1070 g/mol. The number of hydrogen-bond donors (Lipinski definition) is 0. The van der Waals surface area contributed by atoms with Crippen molar-refractivity contribution in [3.05, 3.63) is 0 Å². The van der Waals surface area contributed by atoms with Crippen LogP contribution in [0.3, 0.4) is 0 Å². The molecule has 0 rings (SSSR count). The fourth-order valence-corrected chi connectivity index (χ4v) is 5.24. The van der Waals surface area contributed by atoms with Crippen LogP contribution in [0.4, 0.5) is 0 Å². The summed E-state index contributed by atoms with van der Waals surface area (Å²) < 4.78 is 0. The molecule has 0 fully saturated rings. The monoisotopic (exact) mass is 1060 g/mol. The van der Waals surface area contributed by atoms with Gasteiger partial charge in [0.2, 0.25) is 0 Å². The molecule has 14 heteroatoms. The Hall–Kier alpha value is -1.93. The minimum Gasteiger partial charge on any atom is -0.550 e. The summed E-state index contributed by atoms with van der Waals surface area (Å²) in [6.45, 7) is 12.8. The van der Waals surface area contributed by atoms with E-state index in [2.05, 4.69) is 41.5 Å². The number of hydrogen-bond acceptors (Lipinski definition) is 12. The van der Waals surface area contributed by atoms with Gasteiger partial charge in [-0.05, 0) is 77.0 Å². The quantitative estimate of drug-likeness (QED) is 0.0478. The van der Waals surface area contributed by atoms with Crippen molar-refractivity contribution in [2.24, 2.45) is 0 Å². The largest absolute Gasteiger partial charge is 3.00 e. The molecule has 0 aromatic rings. The molecule has 0 heterocycles. The molecule has 0 unspecified atom stereocenters. The molecular formula is C48H90O12Rh2.